The van der Waals surface area contributed by atoms with Crippen molar-refractivity contribution in [2.24, 2.45) is 0 Å². The molecular weight excluding hydrogens is 271 g/mol. The first-order valence-electron chi connectivity index (χ1n) is 6.82. The Balaban J connectivity index is 2.16. The van der Waals surface area contributed by atoms with Crippen LogP contribution in [0.2, 0.25) is 0 Å². The number of nitrogens with zero attached hydrogens (tertiary/aromatic N) is 2. The van der Waals surface area contributed by atoms with Crippen molar-refractivity contribution in [2.45, 2.75) is 38.9 Å². The molecule has 7 heteroatoms. The number of aromatic nitrogens is 1. The highest BCUT2D eigenvalue weighted by Crippen LogP contribution is 2.36. The SMILES string of the molecule is CON(C)C(=O)c1ccc(B2OC(C)(C)C(C)(C)O2)nc1. The predicted molar refractivity (Wildman–Crippen MR) is 79.1 cm³/mol. The van der Waals surface area contributed by atoms with Gasteiger partial charge in [0, 0.05) is 13.2 Å². The van der Waals surface area contributed by atoms with E-state index in [0.717, 1.165) is 5.06 Å². The molecule has 0 aliphatic carbocycles. The molecule has 21 heavy (non-hydrogen) atoms. The van der Waals surface area contributed by atoms with Crippen LogP contribution in [-0.4, -0.2) is 48.4 Å². The lowest BCUT2D eigenvalue weighted by Gasteiger charge is -2.32. The molecule has 1 aliphatic rings. The van der Waals surface area contributed by atoms with E-state index < -0.39 is 18.3 Å². The maximum atomic E-state index is 11.9. The van der Waals surface area contributed by atoms with Gasteiger partial charge in [0.15, 0.2) is 0 Å². The Bertz CT molecular complexity index is 514. The molecular formula is C14H21BN2O4. The Kier molecular flexibility index (Phi) is 4.10. The van der Waals surface area contributed by atoms with Crippen LogP contribution in [0.3, 0.4) is 0 Å². The van der Waals surface area contributed by atoms with Crippen molar-refractivity contribution in [3.05, 3.63) is 23.9 Å². The fraction of sp³-hybridized carbons (Fsp3) is 0.571. The first-order valence-corrected chi connectivity index (χ1v) is 6.82. The fourth-order valence-electron chi connectivity index (χ4n) is 1.90. The smallest absolute Gasteiger partial charge is 0.398 e. The molecule has 0 spiro atoms. The Hall–Kier alpha value is -1.44. The van der Waals surface area contributed by atoms with E-state index in [1.165, 1.54) is 13.3 Å². The molecule has 2 heterocycles. The van der Waals surface area contributed by atoms with Gasteiger partial charge in [-0.25, -0.2) is 5.06 Å². The quantitative estimate of drug-likeness (QED) is 0.615. The topological polar surface area (TPSA) is 60.9 Å². The molecule has 114 valence electrons. The zero-order valence-corrected chi connectivity index (χ0v) is 13.3. The number of hydroxylamine groups is 2. The highest BCUT2D eigenvalue weighted by atomic mass is 16.7. The number of amides is 1. The van der Waals surface area contributed by atoms with E-state index in [1.807, 2.05) is 27.7 Å². The van der Waals surface area contributed by atoms with Crippen LogP contribution in [-0.2, 0) is 14.1 Å². The average Bonchev–Trinajstić information content (AvgIpc) is 2.66. The zero-order chi connectivity index (χ0) is 15.8. The highest BCUT2D eigenvalue weighted by Gasteiger charge is 2.52. The third kappa shape index (κ3) is 2.95. The molecule has 2 rings (SSSR count). The second kappa shape index (κ2) is 5.40. The van der Waals surface area contributed by atoms with E-state index >= 15 is 0 Å². The standard InChI is InChI=1S/C14H21BN2O4/c1-13(2)14(3,4)21-15(20-13)11-8-7-10(9-16-11)12(18)17(5)19-6/h7-9H,1-6H3. The summed E-state index contributed by atoms with van der Waals surface area (Å²) >= 11 is 0. The second-order valence-corrected chi connectivity index (χ2v) is 6.05. The normalized spacial score (nSPS) is 19.6. The largest absolute Gasteiger partial charge is 0.514 e. The molecule has 0 aromatic carbocycles. The summed E-state index contributed by atoms with van der Waals surface area (Å²) in [6, 6.07) is 3.42. The second-order valence-electron chi connectivity index (χ2n) is 6.05. The van der Waals surface area contributed by atoms with E-state index in [9.17, 15) is 4.79 Å². The van der Waals surface area contributed by atoms with Crippen molar-refractivity contribution >= 4 is 18.6 Å². The summed E-state index contributed by atoms with van der Waals surface area (Å²) in [6.07, 6.45) is 1.50. The van der Waals surface area contributed by atoms with Gasteiger partial charge in [-0.05, 0) is 39.8 Å². The van der Waals surface area contributed by atoms with Gasteiger partial charge >= 0.3 is 7.12 Å². The lowest BCUT2D eigenvalue weighted by atomic mass is 9.84. The molecule has 0 N–H and O–H groups in total. The van der Waals surface area contributed by atoms with Gasteiger partial charge in [0.25, 0.3) is 5.91 Å². The van der Waals surface area contributed by atoms with Gasteiger partial charge in [-0.15, -0.1) is 0 Å². The Morgan fingerprint density at radius 1 is 1.24 bits per heavy atom. The van der Waals surface area contributed by atoms with E-state index in [1.54, 1.807) is 19.2 Å². The Labute approximate surface area is 125 Å². The lowest BCUT2D eigenvalue weighted by molar-refractivity contribution is -0.0757. The van der Waals surface area contributed by atoms with Gasteiger partial charge < -0.3 is 9.31 Å². The van der Waals surface area contributed by atoms with E-state index in [2.05, 4.69) is 4.98 Å². The molecule has 1 amide bonds. The molecule has 1 saturated heterocycles. The minimum absolute atomic E-state index is 0.259. The van der Waals surface area contributed by atoms with E-state index in [0.29, 0.717) is 11.2 Å². The van der Waals surface area contributed by atoms with Gasteiger partial charge in [-0.2, -0.15) is 0 Å². The van der Waals surface area contributed by atoms with Gasteiger partial charge in [0.2, 0.25) is 0 Å². The van der Waals surface area contributed by atoms with Crippen molar-refractivity contribution in [3.63, 3.8) is 0 Å². The summed E-state index contributed by atoms with van der Waals surface area (Å²) < 4.78 is 11.8. The molecule has 6 nitrogen and oxygen atoms in total. The molecule has 1 aromatic heterocycles. The van der Waals surface area contributed by atoms with E-state index in [4.69, 9.17) is 14.1 Å². The van der Waals surface area contributed by atoms with Gasteiger partial charge in [-0.3, -0.25) is 14.6 Å². The van der Waals surface area contributed by atoms with Crippen molar-refractivity contribution in [1.29, 1.82) is 0 Å². The summed E-state index contributed by atoms with van der Waals surface area (Å²) in [6.45, 7) is 7.94. The molecule has 1 fully saturated rings. The van der Waals surface area contributed by atoms with E-state index in [-0.39, 0.29) is 5.91 Å². The predicted octanol–water partition coefficient (Wildman–Crippen LogP) is 1.01. The minimum atomic E-state index is -0.528. The fourth-order valence-corrected chi connectivity index (χ4v) is 1.90. The first kappa shape index (κ1) is 15.9. The van der Waals surface area contributed by atoms with Crippen molar-refractivity contribution in [2.75, 3.05) is 14.2 Å². The molecule has 0 unspecified atom stereocenters. The molecule has 0 saturated carbocycles. The van der Waals surface area contributed by atoms with Crippen LogP contribution in [0.5, 0.6) is 0 Å². The van der Waals surface area contributed by atoms with Gasteiger partial charge in [0.05, 0.1) is 29.5 Å². The van der Waals surface area contributed by atoms with Crippen LogP contribution in [0.25, 0.3) is 0 Å². The summed E-state index contributed by atoms with van der Waals surface area (Å²) in [5, 5.41) is 1.14. The van der Waals surface area contributed by atoms with Crippen LogP contribution in [0.1, 0.15) is 38.1 Å². The highest BCUT2D eigenvalue weighted by molar-refractivity contribution is 6.61. The summed E-state index contributed by atoms with van der Waals surface area (Å²) in [4.78, 5) is 21.0. The number of pyridine rings is 1. The van der Waals surface area contributed by atoms with Crippen molar-refractivity contribution in [1.82, 2.24) is 10.0 Å². The number of carbonyl (C=O) groups is 1. The average molecular weight is 292 g/mol. The maximum Gasteiger partial charge on any atom is 0.514 e. The Morgan fingerprint density at radius 2 is 1.81 bits per heavy atom. The van der Waals surface area contributed by atoms with Crippen LogP contribution in [0, 0.1) is 0 Å². The summed E-state index contributed by atoms with van der Waals surface area (Å²) in [5.41, 5.74) is 0.263. The lowest BCUT2D eigenvalue weighted by Crippen LogP contribution is -2.41. The van der Waals surface area contributed by atoms with Crippen molar-refractivity contribution in [3.8, 4) is 0 Å². The van der Waals surface area contributed by atoms with Gasteiger partial charge in [0.1, 0.15) is 0 Å². The molecule has 1 aromatic rings. The molecule has 1 aliphatic heterocycles. The first-order chi connectivity index (χ1) is 9.68. The number of hydrogen-bond acceptors (Lipinski definition) is 5. The number of hydrogen-bond donors (Lipinski definition) is 0. The molecule has 0 atom stereocenters. The Morgan fingerprint density at radius 3 is 2.24 bits per heavy atom. The van der Waals surface area contributed by atoms with Crippen LogP contribution >= 0.6 is 0 Å². The van der Waals surface area contributed by atoms with Crippen LogP contribution in [0.4, 0.5) is 0 Å². The number of rotatable bonds is 3. The van der Waals surface area contributed by atoms with Crippen LogP contribution < -0.4 is 5.59 Å². The third-order valence-electron chi connectivity index (χ3n) is 4.09. The van der Waals surface area contributed by atoms with Crippen molar-refractivity contribution < 1.29 is 18.9 Å². The van der Waals surface area contributed by atoms with Gasteiger partial charge in [-0.1, -0.05) is 0 Å². The maximum absolute atomic E-state index is 11.9. The number of carbonyl (C=O) groups excluding carboxylic acids is 1. The van der Waals surface area contributed by atoms with Crippen LogP contribution in [0.15, 0.2) is 18.3 Å². The summed E-state index contributed by atoms with van der Waals surface area (Å²) in [7, 11) is 2.45. The molecule has 0 bridgehead atoms. The summed E-state index contributed by atoms with van der Waals surface area (Å²) in [5.74, 6) is -0.259. The third-order valence-corrected chi connectivity index (χ3v) is 4.09. The molecule has 0 radical (unpaired) electrons. The minimum Gasteiger partial charge on any atom is -0.398 e. The monoisotopic (exact) mass is 292 g/mol. The zero-order valence-electron chi connectivity index (χ0n) is 13.3.